The van der Waals surface area contributed by atoms with E-state index in [1.54, 1.807) is 23.1 Å². The summed E-state index contributed by atoms with van der Waals surface area (Å²) in [6.45, 7) is 1.33. The lowest BCUT2D eigenvalue weighted by Gasteiger charge is -2.46. The SMILES string of the molecule is O=C(O)CC1CCC2(CC1)CCN(C(=O)c1ccccc1F)CC2. The highest BCUT2D eigenvalue weighted by molar-refractivity contribution is 5.94. The molecule has 1 heterocycles. The maximum absolute atomic E-state index is 13.8. The Morgan fingerprint density at radius 2 is 1.75 bits per heavy atom. The van der Waals surface area contributed by atoms with Crippen molar-refractivity contribution in [2.24, 2.45) is 11.3 Å². The lowest BCUT2D eigenvalue weighted by Crippen LogP contribution is -2.44. The van der Waals surface area contributed by atoms with E-state index < -0.39 is 11.8 Å². The Bertz CT molecular complexity index is 613. The first-order chi connectivity index (χ1) is 11.5. The molecule has 0 bridgehead atoms. The van der Waals surface area contributed by atoms with Crippen LogP contribution in [0.4, 0.5) is 4.39 Å². The van der Waals surface area contributed by atoms with Gasteiger partial charge in [0.05, 0.1) is 5.56 Å². The number of carboxylic acids is 1. The van der Waals surface area contributed by atoms with Crippen LogP contribution < -0.4 is 0 Å². The third-order valence-electron chi connectivity index (χ3n) is 5.84. The van der Waals surface area contributed by atoms with Gasteiger partial charge in [-0.2, -0.15) is 0 Å². The van der Waals surface area contributed by atoms with Crippen LogP contribution in [0.25, 0.3) is 0 Å². The van der Waals surface area contributed by atoms with Gasteiger partial charge in [-0.05, 0) is 62.0 Å². The van der Waals surface area contributed by atoms with Crippen molar-refractivity contribution in [2.45, 2.75) is 44.9 Å². The summed E-state index contributed by atoms with van der Waals surface area (Å²) in [4.78, 5) is 25.1. The number of benzene rings is 1. The lowest BCUT2D eigenvalue weighted by atomic mass is 9.65. The molecule has 2 fully saturated rings. The summed E-state index contributed by atoms with van der Waals surface area (Å²) in [5.74, 6) is -1.09. The number of nitrogens with zero attached hydrogens (tertiary/aromatic N) is 1. The van der Waals surface area contributed by atoms with Crippen molar-refractivity contribution in [1.82, 2.24) is 4.90 Å². The Morgan fingerprint density at radius 3 is 2.33 bits per heavy atom. The monoisotopic (exact) mass is 333 g/mol. The van der Waals surface area contributed by atoms with E-state index in [9.17, 15) is 14.0 Å². The molecule has 0 unspecified atom stereocenters. The van der Waals surface area contributed by atoms with Crippen LogP contribution in [-0.4, -0.2) is 35.0 Å². The average molecular weight is 333 g/mol. The zero-order valence-electron chi connectivity index (χ0n) is 13.8. The van der Waals surface area contributed by atoms with Crippen molar-refractivity contribution in [1.29, 1.82) is 0 Å². The second-order valence-corrected chi connectivity index (χ2v) is 7.31. The molecule has 5 heteroatoms. The van der Waals surface area contributed by atoms with Crippen LogP contribution in [0.2, 0.25) is 0 Å². The second-order valence-electron chi connectivity index (χ2n) is 7.31. The van der Waals surface area contributed by atoms with E-state index in [1.807, 2.05) is 0 Å². The van der Waals surface area contributed by atoms with Crippen LogP contribution in [0.15, 0.2) is 24.3 Å². The quantitative estimate of drug-likeness (QED) is 0.917. The summed E-state index contributed by atoms with van der Waals surface area (Å²) in [6.07, 6.45) is 6.18. The summed E-state index contributed by atoms with van der Waals surface area (Å²) in [7, 11) is 0. The summed E-state index contributed by atoms with van der Waals surface area (Å²) < 4.78 is 13.8. The maximum atomic E-state index is 13.8. The van der Waals surface area contributed by atoms with Crippen LogP contribution in [-0.2, 0) is 4.79 Å². The fraction of sp³-hybridized carbons (Fsp3) is 0.579. The summed E-state index contributed by atoms with van der Waals surface area (Å²) in [5, 5.41) is 8.92. The molecule has 3 rings (SSSR count). The molecule has 24 heavy (non-hydrogen) atoms. The first kappa shape index (κ1) is 16.9. The first-order valence-corrected chi connectivity index (χ1v) is 8.75. The predicted octanol–water partition coefficient (Wildman–Crippen LogP) is 3.71. The number of aliphatic carboxylic acids is 1. The normalized spacial score (nSPS) is 21.0. The molecule has 1 aromatic carbocycles. The van der Waals surface area contributed by atoms with Crippen molar-refractivity contribution in [2.75, 3.05) is 13.1 Å². The van der Waals surface area contributed by atoms with E-state index in [4.69, 9.17) is 5.11 Å². The topological polar surface area (TPSA) is 57.6 Å². The zero-order valence-corrected chi connectivity index (χ0v) is 13.8. The molecule has 130 valence electrons. The molecule has 1 saturated carbocycles. The molecule has 0 atom stereocenters. The fourth-order valence-electron chi connectivity index (χ4n) is 4.23. The van der Waals surface area contributed by atoms with E-state index in [0.717, 1.165) is 38.5 Å². The number of carbonyl (C=O) groups excluding carboxylic acids is 1. The van der Waals surface area contributed by atoms with Gasteiger partial charge in [0.2, 0.25) is 0 Å². The van der Waals surface area contributed by atoms with Gasteiger partial charge in [-0.1, -0.05) is 12.1 Å². The number of halogens is 1. The number of likely N-dealkylation sites (tertiary alicyclic amines) is 1. The molecule has 1 aliphatic heterocycles. The third kappa shape index (κ3) is 3.60. The number of carboxylic acid groups (broad SMARTS) is 1. The van der Waals surface area contributed by atoms with Gasteiger partial charge in [0.1, 0.15) is 5.82 Å². The van der Waals surface area contributed by atoms with Crippen molar-refractivity contribution in [3.05, 3.63) is 35.6 Å². The maximum Gasteiger partial charge on any atom is 0.303 e. The van der Waals surface area contributed by atoms with Gasteiger partial charge in [-0.15, -0.1) is 0 Å². The van der Waals surface area contributed by atoms with Crippen molar-refractivity contribution in [3.63, 3.8) is 0 Å². The van der Waals surface area contributed by atoms with Crippen molar-refractivity contribution < 1.29 is 19.1 Å². The van der Waals surface area contributed by atoms with E-state index in [2.05, 4.69) is 0 Å². The van der Waals surface area contributed by atoms with Crippen molar-refractivity contribution in [3.8, 4) is 0 Å². The highest BCUT2D eigenvalue weighted by Gasteiger charge is 2.39. The Kier molecular flexibility index (Phi) is 4.88. The van der Waals surface area contributed by atoms with Gasteiger partial charge in [0.15, 0.2) is 0 Å². The number of amides is 1. The van der Waals surface area contributed by atoms with E-state index in [0.29, 0.717) is 19.0 Å². The highest BCUT2D eigenvalue weighted by atomic mass is 19.1. The fourth-order valence-corrected chi connectivity index (χ4v) is 4.23. The van der Waals surface area contributed by atoms with Crippen LogP contribution in [0, 0.1) is 17.2 Å². The minimum atomic E-state index is -0.707. The number of hydrogen-bond donors (Lipinski definition) is 1. The molecule has 1 saturated heterocycles. The number of hydrogen-bond acceptors (Lipinski definition) is 2. The summed E-state index contributed by atoms with van der Waals surface area (Å²) in [6, 6.07) is 6.14. The van der Waals surface area contributed by atoms with Gasteiger partial charge in [-0.25, -0.2) is 4.39 Å². The Balaban J connectivity index is 1.56. The number of rotatable bonds is 3. The molecule has 1 amide bonds. The average Bonchev–Trinajstić information content (AvgIpc) is 2.57. The molecule has 0 radical (unpaired) electrons. The molecule has 1 aromatic rings. The van der Waals surface area contributed by atoms with Crippen LogP contribution in [0.5, 0.6) is 0 Å². The largest absolute Gasteiger partial charge is 0.481 e. The van der Waals surface area contributed by atoms with Gasteiger partial charge in [0.25, 0.3) is 5.91 Å². The van der Waals surface area contributed by atoms with E-state index in [1.165, 1.54) is 6.07 Å². The van der Waals surface area contributed by atoms with Crippen LogP contribution >= 0.6 is 0 Å². The first-order valence-electron chi connectivity index (χ1n) is 8.75. The van der Waals surface area contributed by atoms with Gasteiger partial charge in [-0.3, -0.25) is 9.59 Å². The molecular formula is C19H24FNO3. The molecule has 4 nitrogen and oxygen atoms in total. The molecule has 2 aliphatic rings. The molecular weight excluding hydrogens is 309 g/mol. The molecule has 0 aromatic heterocycles. The Labute approximate surface area is 141 Å². The predicted molar refractivity (Wildman–Crippen MR) is 88.2 cm³/mol. The van der Waals surface area contributed by atoms with Crippen molar-refractivity contribution >= 4 is 11.9 Å². The Morgan fingerprint density at radius 1 is 1.12 bits per heavy atom. The standard InChI is InChI=1S/C19H24FNO3/c20-16-4-2-1-3-15(16)18(24)21-11-9-19(10-12-21)7-5-14(6-8-19)13-17(22)23/h1-4,14H,5-13H2,(H,22,23). The number of carbonyl (C=O) groups is 2. The van der Waals surface area contributed by atoms with Gasteiger partial charge >= 0.3 is 5.97 Å². The van der Waals surface area contributed by atoms with Gasteiger partial charge < -0.3 is 10.0 Å². The van der Waals surface area contributed by atoms with E-state index >= 15 is 0 Å². The second kappa shape index (κ2) is 6.91. The molecule has 1 aliphatic carbocycles. The minimum Gasteiger partial charge on any atom is -0.481 e. The minimum absolute atomic E-state index is 0.151. The Hall–Kier alpha value is -1.91. The highest BCUT2D eigenvalue weighted by Crippen LogP contribution is 2.47. The smallest absolute Gasteiger partial charge is 0.303 e. The van der Waals surface area contributed by atoms with Gasteiger partial charge in [0, 0.05) is 19.5 Å². The van der Waals surface area contributed by atoms with Crippen LogP contribution in [0.1, 0.15) is 55.3 Å². The van der Waals surface area contributed by atoms with Crippen LogP contribution in [0.3, 0.4) is 0 Å². The van der Waals surface area contributed by atoms with E-state index in [-0.39, 0.29) is 23.3 Å². The zero-order chi connectivity index (χ0) is 17.2. The molecule has 1 spiro atoms. The lowest BCUT2D eigenvalue weighted by molar-refractivity contribution is -0.138. The number of piperidine rings is 1. The third-order valence-corrected chi connectivity index (χ3v) is 5.84. The summed E-state index contributed by atoms with van der Waals surface area (Å²) in [5.41, 5.74) is 0.403. The summed E-state index contributed by atoms with van der Waals surface area (Å²) >= 11 is 0. The molecule has 1 N–H and O–H groups in total.